The molecule has 21 heavy (non-hydrogen) atoms. The molecule has 4 nitrogen and oxygen atoms in total. The average molecular weight is 368 g/mol. The van der Waals surface area contributed by atoms with Gasteiger partial charge in [0.25, 0.3) is 0 Å². The van der Waals surface area contributed by atoms with E-state index >= 15 is 0 Å². The SMILES string of the molecule is O=S1(=O)CCC(O)(Cc2ccc(Br)cn2)c2ccccc21. The molecule has 1 aromatic heterocycles. The van der Waals surface area contributed by atoms with Gasteiger partial charge in [-0.2, -0.15) is 0 Å². The highest BCUT2D eigenvalue weighted by atomic mass is 79.9. The highest BCUT2D eigenvalue weighted by molar-refractivity contribution is 9.10. The van der Waals surface area contributed by atoms with Crippen molar-refractivity contribution in [2.75, 3.05) is 5.75 Å². The molecular formula is C15H14BrNO3S. The standard InChI is InChI=1S/C15H14BrNO3S/c16-11-5-6-12(17-10-11)9-15(18)7-8-21(19,20)14-4-2-1-3-13(14)15/h1-6,10,18H,7-9H2. The zero-order valence-corrected chi connectivity index (χ0v) is 13.6. The van der Waals surface area contributed by atoms with Crippen molar-refractivity contribution in [1.82, 2.24) is 4.98 Å². The monoisotopic (exact) mass is 367 g/mol. The maximum atomic E-state index is 12.1. The lowest BCUT2D eigenvalue weighted by atomic mass is 9.86. The summed E-state index contributed by atoms with van der Waals surface area (Å²) in [7, 11) is -3.30. The summed E-state index contributed by atoms with van der Waals surface area (Å²) in [5.41, 5.74) is 0.0127. The van der Waals surface area contributed by atoms with Crippen molar-refractivity contribution in [3.8, 4) is 0 Å². The minimum Gasteiger partial charge on any atom is -0.385 e. The predicted octanol–water partition coefficient (Wildman–Crippen LogP) is 2.45. The Kier molecular flexibility index (Phi) is 3.63. The number of nitrogens with zero attached hydrogens (tertiary/aromatic N) is 1. The predicted molar refractivity (Wildman–Crippen MR) is 82.6 cm³/mol. The van der Waals surface area contributed by atoms with Gasteiger partial charge in [-0.05, 0) is 40.5 Å². The van der Waals surface area contributed by atoms with Gasteiger partial charge in [0.15, 0.2) is 9.84 Å². The largest absolute Gasteiger partial charge is 0.385 e. The Morgan fingerprint density at radius 1 is 1.24 bits per heavy atom. The first-order chi connectivity index (χ1) is 9.91. The number of sulfone groups is 1. The maximum Gasteiger partial charge on any atom is 0.178 e. The first-order valence-electron chi connectivity index (χ1n) is 6.56. The van der Waals surface area contributed by atoms with Crippen molar-refractivity contribution in [2.24, 2.45) is 0 Å². The van der Waals surface area contributed by atoms with Crippen LogP contribution >= 0.6 is 15.9 Å². The third-order valence-corrected chi connectivity index (χ3v) is 6.01. The second kappa shape index (κ2) is 5.19. The zero-order valence-electron chi connectivity index (χ0n) is 11.2. The van der Waals surface area contributed by atoms with E-state index in [4.69, 9.17) is 0 Å². The van der Waals surface area contributed by atoms with Crippen LogP contribution in [0.5, 0.6) is 0 Å². The van der Waals surface area contributed by atoms with Crippen LogP contribution in [0.2, 0.25) is 0 Å². The van der Waals surface area contributed by atoms with Gasteiger partial charge in [0.05, 0.1) is 16.2 Å². The van der Waals surface area contributed by atoms with E-state index in [1.807, 2.05) is 12.1 Å². The average Bonchev–Trinajstić information content (AvgIpc) is 2.47. The highest BCUT2D eigenvalue weighted by Gasteiger charge is 2.40. The Bertz CT molecular complexity index is 774. The molecule has 1 aliphatic heterocycles. The van der Waals surface area contributed by atoms with Crippen molar-refractivity contribution in [1.29, 1.82) is 0 Å². The Balaban J connectivity index is 2.04. The normalized spacial score (nSPS) is 23.5. The molecule has 6 heteroatoms. The van der Waals surface area contributed by atoms with Gasteiger partial charge in [-0.25, -0.2) is 8.42 Å². The minimum absolute atomic E-state index is 0.0446. The van der Waals surface area contributed by atoms with E-state index in [0.717, 1.165) is 10.2 Å². The van der Waals surface area contributed by atoms with Gasteiger partial charge in [-0.1, -0.05) is 18.2 Å². The molecule has 0 aliphatic carbocycles. The number of hydrogen-bond donors (Lipinski definition) is 1. The van der Waals surface area contributed by atoms with Crippen LogP contribution in [-0.2, 0) is 21.9 Å². The second-order valence-electron chi connectivity index (χ2n) is 5.24. The lowest BCUT2D eigenvalue weighted by Crippen LogP contribution is -2.37. The van der Waals surface area contributed by atoms with Crippen molar-refractivity contribution in [3.63, 3.8) is 0 Å². The topological polar surface area (TPSA) is 67.3 Å². The Morgan fingerprint density at radius 2 is 2.00 bits per heavy atom. The fourth-order valence-electron chi connectivity index (χ4n) is 2.66. The Morgan fingerprint density at radius 3 is 2.71 bits per heavy atom. The number of aliphatic hydroxyl groups is 1. The number of hydrogen-bond acceptors (Lipinski definition) is 4. The van der Waals surface area contributed by atoms with Gasteiger partial charge in [0.1, 0.15) is 0 Å². The summed E-state index contributed by atoms with van der Waals surface area (Å²) in [5.74, 6) is -0.0446. The van der Waals surface area contributed by atoms with Crippen LogP contribution in [0.4, 0.5) is 0 Å². The quantitative estimate of drug-likeness (QED) is 0.884. The molecule has 1 N–H and O–H groups in total. The number of fused-ring (bicyclic) bond motifs is 1. The molecule has 1 aliphatic rings. The van der Waals surface area contributed by atoms with E-state index in [9.17, 15) is 13.5 Å². The van der Waals surface area contributed by atoms with Crippen LogP contribution in [0, 0.1) is 0 Å². The van der Waals surface area contributed by atoms with Gasteiger partial charge in [-0.15, -0.1) is 0 Å². The number of halogens is 1. The van der Waals surface area contributed by atoms with Crippen LogP contribution in [0.25, 0.3) is 0 Å². The number of aromatic nitrogens is 1. The highest BCUT2D eigenvalue weighted by Crippen LogP contribution is 2.38. The summed E-state index contributed by atoms with van der Waals surface area (Å²) in [4.78, 5) is 4.50. The minimum atomic E-state index is -3.30. The van der Waals surface area contributed by atoms with Crippen LogP contribution in [-0.4, -0.2) is 24.3 Å². The fourth-order valence-corrected chi connectivity index (χ4v) is 4.60. The van der Waals surface area contributed by atoms with Gasteiger partial charge in [0, 0.05) is 28.3 Å². The molecule has 0 saturated heterocycles. The van der Waals surface area contributed by atoms with Crippen molar-refractivity contribution in [3.05, 3.63) is 58.3 Å². The molecule has 0 spiro atoms. The summed E-state index contributed by atoms with van der Waals surface area (Å²) in [6.45, 7) is 0. The lowest BCUT2D eigenvalue weighted by molar-refractivity contribution is 0.0273. The first kappa shape index (κ1) is 14.7. The van der Waals surface area contributed by atoms with E-state index in [1.165, 1.54) is 0 Å². The molecule has 2 heterocycles. The third-order valence-electron chi connectivity index (χ3n) is 3.77. The smallest absolute Gasteiger partial charge is 0.178 e. The Hall–Kier alpha value is -1.24. The van der Waals surface area contributed by atoms with Crippen LogP contribution in [0.1, 0.15) is 17.7 Å². The molecule has 110 valence electrons. The molecule has 1 aromatic carbocycles. The van der Waals surface area contributed by atoms with Gasteiger partial charge >= 0.3 is 0 Å². The maximum absolute atomic E-state index is 12.1. The van der Waals surface area contributed by atoms with Gasteiger partial charge < -0.3 is 5.11 Å². The van der Waals surface area contributed by atoms with E-state index in [2.05, 4.69) is 20.9 Å². The summed E-state index contributed by atoms with van der Waals surface area (Å²) in [6, 6.07) is 10.4. The third kappa shape index (κ3) is 2.75. The van der Waals surface area contributed by atoms with Crippen molar-refractivity contribution >= 4 is 25.8 Å². The van der Waals surface area contributed by atoms with Crippen LogP contribution in [0.3, 0.4) is 0 Å². The number of pyridine rings is 1. The molecular weight excluding hydrogens is 354 g/mol. The molecule has 1 atom stereocenters. The van der Waals surface area contributed by atoms with E-state index in [0.29, 0.717) is 12.0 Å². The summed E-state index contributed by atoms with van der Waals surface area (Å²) in [5, 5.41) is 11.0. The molecule has 0 bridgehead atoms. The van der Waals surface area contributed by atoms with Gasteiger partial charge in [-0.3, -0.25) is 4.98 Å². The van der Waals surface area contributed by atoms with E-state index in [-0.39, 0.29) is 17.1 Å². The van der Waals surface area contributed by atoms with Crippen LogP contribution in [0.15, 0.2) is 52.0 Å². The second-order valence-corrected chi connectivity index (χ2v) is 8.23. The number of rotatable bonds is 2. The van der Waals surface area contributed by atoms with E-state index in [1.54, 1.807) is 30.5 Å². The molecule has 1 unspecified atom stereocenters. The summed E-state index contributed by atoms with van der Waals surface area (Å²) >= 11 is 3.32. The van der Waals surface area contributed by atoms with Gasteiger partial charge in [0.2, 0.25) is 0 Å². The molecule has 0 amide bonds. The van der Waals surface area contributed by atoms with Crippen molar-refractivity contribution < 1.29 is 13.5 Å². The zero-order chi connectivity index (χ0) is 15.1. The van der Waals surface area contributed by atoms with Crippen LogP contribution < -0.4 is 0 Å². The molecule has 3 rings (SSSR count). The molecule has 2 aromatic rings. The lowest BCUT2D eigenvalue weighted by Gasteiger charge is -2.34. The molecule has 0 radical (unpaired) electrons. The molecule has 0 fully saturated rings. The Labute approximate surface area is 131 Å². The number of benzene rings is 1. The molecule has 0 saturated carbocycles. The fraction of sp³-hybridized carbons (Fsp3) is 0.267. The van der Waals surface area contributed by atoms with Crippen molar-refractivity contribution in [2.45, 2.75) is 23.3 Å². The summed E-state index contributed by atoms with van der Waals surface area (Å²) in [6.07, 6.45) is 2.15. The summed E-state index contributed by atoms with van der Waals surface area (Å²) < 4.78 is 25.1. The first-order valence-corrected chi connectivity index (χ1v) is 9.00. The van der Waals surface area contributed by atoms with E-state index < -0.39 is 15.4 Å².